The van der Waals surface area contributed by atoms with Crippen molar-refractivity contribution in [2.45, 2.75) is 39.2 Å². The Morgan fingerprint density at radius 2 is 1.86 bits per heavy atom. The second-order valence-corrected chi connectivity index (χ2v) is 5.52. The Bertz CT molecular complexity index is 554. The second kappa shape index (κ2) is 8.98. The van der Waals surface area contributed by atoms with E-state index in [2.05, 4.69) is 24.0 Å². The van der Waals surface area contributed by atoms with E-state index >= 15 is 0 Å². The van der Waals surface area contributed by atoms with Crippen molar-refractivity contribution in [3.05, 3.63) is 66.0 Å². The number of nitrogens with zero attached hydrogens (tertiary/aromatic N) is 2. The molecule has 3 heteroatoms. The van der Waals surface area contributed by atoms with Crippen LogP contribution in [0.4, 0.5) is 0 Å². The molecule has 0 aliphatic rings. The first-order valence-electron chi connectivity index (χ1n) is 8.00. The molecule has 3 nitrogen and oxygen atoms in total. The fourth-order valence-corrected chi connectivity index (χ4v) is 2.40. The van der Waals surface area contributed by atoms with E-state index in [1.807, 2.05) is 41.4 Å². The van der Waals surface area contributed by atoms with Gasteiger partial charge in [0.15, 0.2) is 0 Å². The summed E-state index contributed by atoms with van der Waals surface area (Å²) in [4.78, 5) is 18.6. The molecule has 2 aromatic rings. The van der Waals surface area contributed by atoms with Crippen molar-refractivity contribution >= 4 is 5.91 Å². The Balaban J connectivity index is 1.93. The predicted molar refractivity (Wildman–Crippen MR) is 89.3 cm³/mol. The Hall–Kier alpha value is -2.16. The number of aromatic nitrogens is 1. The number of rotatable bonds is 8. The molecule has 0 radical (unpaired) electrons. The molecule has 0 aliphatic carbocycles. The zero-order valence-electron chi connectivity index (χ0n) is 13.2. The van der Waals surface area contributed by atoms with Gasteiger partial charge in [0.25, 0.3) is 0 Å². The molecule has 116 valence electrons. The molecule has 0 atom stereocenters. The monoisotopic (exact) mass is 296 g/mol. The third-order valence-electron chi connectivity index (χ3n) is 3.70. The van der Waals surface area contributed by atoms with Gasteiger partial charge in [0, 0.05) is 31.9 Å². The molecule has 1 aromatic heterocycles. The van der Waals surface area contributed by atoms with Crippen molar-refractivity contribution < 1.29 is 4.79 Å². The molecule has 0 unspecified atom stereocenters. The number of amides is 1. The third-order valence-corrected chi connectivity index (χ3v) is 3.70. The van der Waals surface area contributed by atoms with Crippen molar-refractivity contribution in [1.82, 2.24) is 9.88 Å². The van der Waals surface area contributed by atoms with Crippen LogP contribution in [-0.2, 0) is 17.8 Å². The number of hydrogen-bond donors (Lipinski definition) is 0. The number of unbranched alkanes of at least 4 members (excludes halogenated alkanes) is 1. The molecule has 0 bridgehead atoms. The van der Waals surface area contributed by atoms with Crippen molar-refractivity contribution in [2.24, 2.45) is 0 Å². The predicted octanol–water partition coefficient (Wildman–Crippen LogP) is 3.84. The first-order chi connectivity index (χ1) is 10.8. The van der Waals surface area contributed by atoms with Crippen molar-refractivity contribution in [2.75, 3.05) is 6.54 Å². The number of pyridine rings is 1. The van der Waals surface area contributed by atoms with Crippen LogP contribution in [-0.4, -0.2) is 22.3 Å². The summed E-state index contributed by atoms with van der Waals surface area (Å²) < 4.78 is 0. The summed E-state index contributed by atoms with van der Waals surface area (Å²) in [7, 11) is 0. The Labute approximate surface area is 133 Å². The summed E-state index contributed by atoms with van der Waals surface area (Å²) in [6.45, 7) is 3.69. The zero-order valence-corrected chi connectivity index (χ0v) is 13.2. The van der Waals surface area contributed by atoms with E-state index in [9.17, 15) is 4.79 Å². The lowest BCUT2D eigenvalue weighted by molar-refractivity contribution is -0.131. The van der Waals surface area contributed by atoms with E-state index in [0.29, 0.717) is 13.0 Å². The van der Waals surface area contributed by atoms with Gasteiger partial charge in [0.1, 0.15) is 0 Å². The number of hydrogen-bond acceptors (Lipinski definition) is 2. The summed E-state index contributed by atoms with van der Waals surface area (Å²) in [5, 5.41) is 0. The highest BCUT2D eigenvalue weighted by molar-refractivity contribution is 5.76. The van der Waals surface area contributed by atoms with Crippen LogP contribution in [0.5, 0.6) is 0 Å². The summed E-state index contributed by atoms with van der Waals surface area (Å²) in [5.74, 6) is 0.223. The van der Waals surface area contributed by atoms with Crippen LogP contribution in [0.25, 0.3) is 0 Å². The van der Waals surface area contributed by atoms with Crippen LogP contribution >= 0.6 is 0 Å². The van der Waals surface area contributed by atoms with Gasteiger partial charge in [-0.25, -0.2) is 0 Å². The minimum absolute atomic E-state index is 0.223. The van der Waals surface area contributed by atoms with E-state index in [0.717, 1.165) is 31.4 Å². The first-order valence-corrected chi connectivity index (χ1v) is 8.00. The lowest BCUT2D eigenvalue weighted by atomic mass is 10.1. The molecule has 0 saturated carbocycles. The van der Waals surface area contributed by atoms with Gasteiger partial charge in [0.05, 0.1) is 0 Å². The van der Waals surface area contributed by atoms with Crippen LogP contribution in [0.2, 0.25) is 0 Å². The van der Waals surface area contributed by atoms with Gasteiger partial charge in [-0.1, -0.05) is 49.7 Å². The molecule has 0 N–H and O–H groups in total. The quantitative estimate of drug-likeness (QED) is 0.741. The van der Waals surface area contributed by atoms with Gasteiger partial charge in [-0.2, -0.15) is 0 Å². The molecular weight excluding hydrogens is 272 g/mol. The van der Waals surface area contributed by atoms with Gasteiger partial charge in [-0.3, -0.25) is 9.78 Å². The van der Waals surface area contributed by atoms with Gasteiger partial charge in [-0.05, 0) is 30.0 Å². The van der Waals surface area contributed by atoms with Gasteiger partial charge in [0.2, 0.25) is 5.91 Å². The molecule has 0 fully saturated rings. The van der Waals surface area contributed by atoms with E-state index in [1.54, 1.807) is 6.20 Å². The maximum absolute atomic E-state index is 12.5. The maximum Gasteiger partial charge on any atom is 0.223 e. The number of carbonyl (C=O) groups excluding carboxylic acids is 1. The Morgan fingerprint density at radius 1 is 1.09 bits per heavy atom. The molecular formula is C19H24N2O. The standard InChI is InChI=1S/C19H24N2O/c1-2-3-14-21(16-18-8-5-4-6-9-18)19(22)12-11-17-10-7-13-20-15-17/h4-10,13,15H,2-3,11-12,14,16H2,1H3. The smallest absolute Gasteiger partial charge is 0.223 e. The number of benzene rings is 1. The summed E-state index contributed by atoms with van der Waals surface area (Å²) in [6.07, 6.45) is 7.04. The maximum atomic E-state index is 12.5. The highest BCUT2D eigenvalue weighted by Gasteiger charge is 2.13. The Morgan fingerprint density at radius 3 is 2.55 bits per heavy atom. The zero-order chi connectivity index (χ0) is 15.6. The molecule has 0 aliphatic heterocycles. The SMILES string of the molecule is CCCCN(Cc1ccccc1)C(=O)CCc1cccnc1. The van der Waals surface area contributed by atoms with Crippen molar-refractivity contribution in [3.8, 4) is 0 Å². The fourth-order valence-electron chi connectivity index (χ4n) is 2.40. The number of carbonyl (C=O) groups is 1. The lowest BCUT2D eigenvalue weighted by Crippen LogP contribution is -2.31. The van der Waals surface area contributed by atoms with Crippen LogP contribution in [0, 0.1) is 0 Å². The third kappa shape index (κ3) is 5.32. The van der Waals surface area contributed by atoms with Gasteiger partial charge >= 0.3 is 0 Å². The highest BCUT2D eigenvalue weighted by atomic mass is 16.2. The normalized spacial score (nSPS) is 10.4. The van der Waals surface area contributed by atoms with Crippen LogP contribution < -0.4 is 0 Å². The molecule has 1 aromatic carbocycles. The average molecular weight is 296 g/mol. The Kier molecular flexibility index (Phi) is 6.62. The van der Waals surface area contributed by atoms with Crippen LogP contribution in [0.1, 0.15) is 37.3 Å². The molecule has 0 spiro atoms. The molecule has 0 saturated heterocycles. The summed E-state index contributed by atoms with van der Waals surface area (Å²) in [5.41, 5.74) is 2.30. The average Bonchev–Trinajstić information content (AvgIpc) is 2.58. The van der Waals surface area contributed by atoms with Gasteiger partial charge in [-0.15, -0.1) is 0 Å². The molecule has 1 amide bonds. The first kappa shape index (κ1) is 16.2. The second-order valence-electron chi connectivity index (χ2n) is 5.52. The lowest BCUT2D eigenvalue weighted by Gasteiger charge is -2.23. The molecule has 22 heavy (non-hydrogen) atoms. The van der Waals surface area contributed by atoms with E-state index in [-0.39, 0.29) is 5.91 Å². The van der Waals surface area contributed by atoms with Crippen LogP contribution in [0.3, 0.4) is 0 Å². The highest BCUT2D eigenvalue weighted by Crippen LogP contribution is 2.10. The molecule has 1 heterocycles. The van der Waals surface area contributed by atoms with E-state index in [4.69, 9.17) is 0 Å². The minimum atomic E-state index is 0.223. The molecule has 2 rings (SSSR count). The van der Waals surface area contributed by atoms with Crippen molar-refractivity contribution in [1.29, 1.82) is 0 Å². The van der Waals surface area contributed by atoms with Gasteiger partial charge < -0.3 is 4.90 Å². The summed E-state index contributed by atoms with van der Waals surface area (Å²) in [6, 6.07) is 14.1. The fraction of sp³-hybridized carbons (Fsp3) is 0.368. The van der Waals surface area contributed by atoms with Crippen LogP contribution in [0.15, 0.2) is 54.9 Å². The largest absolute Gasteiger partial charge is 0.338 e. The topological polar surface area (TPSA) is 33.2 Å². The minimum Gasteiger partial charge on any atom is -0.338 e. The van der Waals surface area contributed by atoms with Crippen molar-refractivity contribution in [3.63, 3.8) is 0 Å². The van der Waals surface area contributed by atoms with E-state index in [1.165, 1.54) is 5.56 Å². The van der Waals surface area contributed by atoms with E-state index < -0.39 is 0 Å². The summed E-state index contributed by atoms with van der Waals surface area (Å²) >= 11 is 0. The number of aryl methyl sites for hydroxylation is 1.